The minimum Gasteiger partial charge on any atom is -0.444 e. The third-order valence-corrected chi connectivity index (χ3v) is 4.89. The minimum absolute atomic E-state index is 0.0197. The van der Waals surface area contributed by atoms with E-state index in [2.05, 4.69) is 10.4 Å². The maximum absolute atomic E-state index is 13.1. The molecule has 0 unspecified atom stereocenters. The van der Waals surface area contributed by atoms with Gasteiger partial charge < -0.3 is 10.1 Å². The van der Waals surface area contributed by atoms with Gasteiger partial charge in [-0.3, -0.25) is 19.6 Å². The number of aromatic nitrogens is 2. The fourth-order valence-corrected chi connectivity index (χ4v) is 3.23. The number of nitrogens with one attached hydrogen (secondary N) is 1. The lowest BCUT2D eigenvalue weighted by molar-refractivity contribution is -0.384. The lowest BCUT2D eigenvalue weighted by Crippen LogP contribution is -2.26. The third-order valence-electron chi connectivity index (χ3n) is 4.89. The minimum atomic E-state index is -1.31. The van der Waals surface area contributed by atoms with Crippen LogP contribution in [-0.4, -0.2) is 26.6 Å². The highest BCUT2D eigenvalue weighted by atomic mass is 16.6. The van der Waals surface area contributed by atoms with Crippen LogP contribution >= 0.6 is 0 Å². The quantitative estimate of drug-likeness (QED) is 0.367. The van der Waals surface area contributed by atoms with Crippen LogP contribution in [0, 0.1) is 30.9 Å². The number of anilines is 1. The van der Waals surface area contributed by atoms with Gasteiger partial charge in [0.15, 0.2) is 0 Å². The second-order valence-electron chi connectivity index (χ2n) is 7.13. The Morgan fingerprint density at radius 2 is 1.81 bits per heavy atom. The van der Waals surface area contributed by atoms with E-state index in [1.54, 1.807) is 68.9 Å². The predicted molar refractivity (Wildman–Crippen MR) is 114 cm³/mol. The Morgan fingerprint density at radius 3 is 2.39 bits per heavy atom. The van der Waals surface area contributed by atoms with Crippen LogP contribution in [0.5, 0.6) is 0 Å². The first-order valence-electron chi connectivity index (χ1n) is 9.51. The van der Waals surface area contributed by atoms with Crippen molar-refractivity contribution in [2.75, 3.05) is 5.32 Å². The second kappa shape index (κ2) is 8.78. The number of nitrogens with zero attached hydrogens (tertiary/aromatic N) is 3. The molecular weight excluding hydrogens is 400 g/mol. The number of carbonyl (C=O) groups is 2. The van der Waals surface area contributed by atoms with Crippen LogP contribution in [0.25, 0.3) is 0 Å². The van der Waals surface area contributed by atoms with Gasteiger partial charge >= 0.3 is 5.97 Å². The van der Waals surface area contributed by atoms with E-state index in [-0.39, 0.29) is 16.9 Å². The molecular formula is C22H22N4O5. The molecule has 9 heteroatoms. The first-order chi connectivity index (χ1) is 14.7. The van der Waals surface area contributed by atoms with Gasteiger partial charge in [-0.1, -0.05) is 36.4 Å². The summed E-state index contributed by atoms with van der Waals surface area (Å²) in [6, 6.07) is 12.9. The van der Waals surface area contributed by atoms with E-state index in [1.165, 1.54) is 12.1 Å². The van der Waals surface area contributed by atoms with Crippen molar-refractivity contribution in [1.29, 1.82) is 0 Å². The monoisotopic (exact) mass is 422 g/mol. The summed E-state index contributed by atoms with van der Waals surface area (Å²) in [6.07, 6.45) is -1.31. The first kappa shape index (κ1) is 21.7. The Balaban J connectivity index is 1.94. The molecule has 0 aliphatic heterocycles. The molecule has 1 atom stereocenters. The van der Waals surface area contributed by atoms with E-state index in [0.717, 1.165) is 0 Å². The zero-order valence-electron chi connectivity index (χ0n) is 17.6. The fraction of sp³-hybridized carbons (Fsp3) is 0.227. The SMILES string of the molecule is Cc1ccc(NC(=O)[C@H](OC(=O)c2c(C)nn(C)c2C)c2ccccc2)c([N+](=O)[O-])c1. The number of amides is 1. The van der Waals surface area contributed by atoms with Crippen LogP contribution in [0.4, 0.5) is 11.4 Å². The number of nitro groups is 1. The number of esters is 1. The number of ether oxygens (including phenoxy) is 1. The van der Waals surface area contributed by atoms with E-state index >= 15 is 0 Å². The van der Waals surface area contributed by atoms with Crippen molar-refractivity contribution in [1.82, 2.24) is 9.78 Å². The summed E-state index contributed by atoms with van der Waals surface area (Å²) in [5.41, 5.74) is 2.24. The van der Waals surface area contributed by atoms with Gasteiger partial charge in [-0.15, -0.1) is 0 Å². The van der Waals surface area contributed by atoms with Gasteiger partial charge in [0.2, 0.25) is 6.10 Å². The number of hydrogen-bond acceptors (Lipinski definition) is 6. The molecule has 0 radical (unpaired) electrons. The molecule has 160 valence electrons. The maximum Gasteiger partial charge on any atom is 0.343 e. The lowest BCUT2D eigenvalue weighted by atomic mass is 10.1. The van der Waals surface area contributed by atoms with Crippen LogP contribution < -0.4 is 5.32 Å². The van der Waals surface area contributed by atoms with Crippen LogP contribution in [0.1, 0.15) is 39.0 Å². The Morgan fingerprint density at radius 1 is 1.13 bits per heavy atom. The Labute approximate surface area is 178 Å². The van der Waals surface area contributed by atoms with E-state index in [9.17, 15) is 19.7 Å². The Bertz CT molecular complexity index is 1150. The Hall–Kier alpha value is -4.01. The van der Waals surface area contributed by atoms with Gasteiger partial charge in [0.25, 0.3) is 11.6 Å². The smallest absolute Gasteiger partial charge is 0.343 e. The van der Waals surface area contributed by atoms with Gasteiger partial charge in [-0.05, 0) is 32.4 Å². The van der Waals surface area contributed by atoms with Gasteiger partial charge in [0.1, 0.15) is 11.3 Å². The fourth-order valence-electron chi connectivity index (χ4n) is 3.23. The summed E-state index contributed by atoms with van der Waals surface area (Å²) in [5, 5.41) is 18.1. The second-order valence-corrected chi connectivity index (χ2v) is 7.13. The van der Waals surface area contributed by atoms with Crippen molar-refractivity contribution in [2.45, 2.75) is 26.9 Å². The van der Waals surface area contributed by atoms with E-state index < -0.39 is 22.9 Å². The van der Waals surface area contributed by atoms with Crippen LogP contribution in [-0.2, 0) is 16.6 Å². The third kappa shape index (κ3) is 4.61. The number of hydrogen-bond donors (Lipinski definition) is 1. The standard InChI is InChI=1S/C22H22N4O5/c1-13-10-11-17(18(12-13)26(29)30)23-21(27)20(16-8-6-5-7-9-16)31-22(28)19-14(2)24-25(4)15(19)3/h5-12,20H,1-4H3,(H,23,27)/t20-/m1/s1. The van der Waals surface area contributed by atoms with Crippen molar-refractivity contribution in [3.63, 3.8) is 0 Å². The summed E-state index contributed by atoms with van der Waals surface area (Å²) in [7, 11) is 1.71. The molecule has 3 aromatic rings. The molecule has 0 aliphatic rings. The highest BCUT2D eigenvalue weighted by Gasteiger charge is 2.30. The maximum atomic E-state index is 13.1. The average Bonchev–Trinajstić information content (AvgIpc) is 2.99. The van der Waals surface area contributed by atoms with Crippen molar-refractivity contribution >= 4 is 23.3 Å². The largest absolute Gasteiger partial charge is 0.444 e. The molecule has 0 bridgehead atoms. The zero-order chi connectivity index (χ0) is 22.7. The number of nitro benzene ring substituents is 1. The average molecular weight is 422 g/mol. The van der Waals surface area contributed by atoms with Crippen LogP contribution in [0.3, 0.4) is 0 Å². The molecule has 9 nitrogen and oxygen atoms in total. The molecule has 1 N–H and O–H groups in total. The summed E-state index contributed by atoms with van der Waals surface area (Å²) >= 11 is 0. The van der Waals surface area contributed by atoms with Crippen molar-refractivity contribution < 1.29 is 19.2 Å². The normalized spacial score (nSPS) is 11.6. The molecule has 0 aliphatic carbocycles. The highest BCUT2D eigenvalue weighted by Crippen LogP contribution is 2.28. The lowest BCUT2D eigenvalue weighted by Gasteiger charge is -2.18. The summed E-state index contributed by atoms with van der Waals surface area (Å²) in [6.45, 7) is 5.12. The number of rotatable bonds is 6. The molecule has 1 amide bonds. The Kier molecular flexibility index (Phi) is 6.15. The molecule has 0 saturated heterocycles. The van der Waals surface area contributed by atoms with Crippen molar-refractivity contribution in [3.8, 4) is 0 Å². The first-order valence-corrected chi connectivity index (χ1v) is 9.51. The van der Waals surface area contributed by atoms with E-state index in [4.69, 9.17) is 4.74 Å². The highest BCUT2D eigenvalue weighted by molar-refractivity contribution is 6.00. The topological polar surface area (TPSA) is 116 Å². The molecule has 3 rings (SSSR count). The molecule has 0 spiro atoms. The molecule has 1 aromatic heterocycles. The number of aryl methyl sites for hydroxylation is 3. The van der Waals surface area contributed by atoms with Gasteiger partial charge in [-0.2, -0.15) is 5.10 Å². The summed E-state index contributed by atoms with van der Waals surface area (Å²) < 4.78 is 7.14. The molecule has 31 heavy (non-hydrogen) atoms. The van der Waals surface area contributed by atoms with Crippen molar-refractivity contribution in [3.05, 3.63) is 86.7 Å². The predicted octanol–water partition coefficient (Wildman–Crippen LogP) is 3.79. The van der Waals surface area contributed by atoms with Gasteiger partial charge in [0, 0.05) is 24.4 Å². The summed E-state index contributed by atoms with van der Waals surface area (Å²) in [5.74, 6) is -1.41. The molecule has 1 heterocycles. The molecule has 0 fully saturated rings. The molecule has 0 saturated carbocycles. The van der Waals surface area contributed by atoms with E-state index in [0.29, 0.717) is 22.5 Å². The van der Waals surface area contributed by atoms with Crippen LogP contribution in [0.15, 0.2) is 48.5 Å². The van der Waals surface area contributed by atoms with Gasteiger partial charge in [0.05, 0.1) is 10.6 Å². The summed E-state index contributed by atoms with van der Waals surface area (Å²) in [4.78, 5) is 36.8. The van der Waals surface area contributed by atoms with Crippen LogP contribution in [0.2, 0.25) is 0 Å². The number of benzene rings is 2. The number of carbonyl (C=O) groups excluding carboxylic acids is 2. The van der Waals surface area contributed by atoms with E-state index in [1.807, 2.05) is 0 Å². The van der Waals surface area contributed by atoms with Gasteiger partial charge in [-0.25, -0.2) is 4.79 Å². The molecule has 2 aromatic carbocycles. The van der Waals surface area contributed by atoms with Crippen molar-refractivity contribution in [2.24, 2.45) is 7.05 Å². The zero-order valence-corrected chi connectivity index (χ0v) is 17.6.